The number of imidazole rings is 1. The number of benzene rings is 1. The summed E-state index contributed by atoms with van der Waals surface area (Å²) in [5.41, 5.74) is 2.42. The third-order valence-electron chi connectivity index (χ3n) is 7.98. The Morgan fingerprint density at radius 1 is 1.06 bits per heavy atom. The van der Waals surface area contributed by atoms with E-state index < -0.39 is 7.05 Å². The average Bonchev–Trinajstić information content (AvgIpc) is 3.30. The molecule has 2 aromatic rings. The van der Waals surface area contributed by atoms with E-state index in [1.54, 1.807) is 0 Å². The lowest BCUT2D eigenvalue weighted by atomic mass is 9.67. The molecular formula is C23H33B2N3O3. The van der Waals surface area contributed by atoms with Gasteiger partial charge in [0.15, 0.2) is 0 Å². The Morgan fingerprint density at radius 2 is 1.68 bits per heavy atom. The molecule has 1 aromatic heterocycles. The highest BCUT2D eigenvalue weighted by Crippen LogP contribution is 2.47. The molecule has 0 unspecified atom stereocenters. The van der Waals surface area contributed by atoms with Crippen molar-refractivity contribution in [2.24, 2.45) is 5.92 Å². The SMILES string of the molecule is CB(O)N1C2CCC(CC2)[C@H]1c1ncc(-c2ccc(B3OC(C)(C)C(C)(C)O3)cc2)[nH]1. The maximum absolute atomic E-state index is 10.4. The zero-order valence-corrected chi connectivity index (χ0v) is 19.3. The van der Waals surface area contributed by atoms with Crippen molar-refractivity contribution < 1.29 is 14.3 Å². The first-order valence-corrected chi connectivity index (χ1v) is 11.6. The number of H-pyrrole nitrogens is 1. The first-order valence-electron chi connectivity index (χ1n) is 11.6. The average molecular weight is 421 g/mol. The number of nitrogens with one attached hydrogen (secondary N) is 1. The van der Waals surface area contributed by atoms with Crippen LogP contribution in [-0.4, -0.2) is 51.2 Å². The number of fused-ring (bicyclic) bond motifs is 3. The predicted molar refractivity (Wildman–Crippen MR) is 124 cm³/mol. The summed E-state index contributed by atoms with van der Waals surface area (Å²) in [5.74, 6) is 1.53. The molecule has 6 nitrogen and oxygen atoms in total. The second kappa shape index (κ2) is 7.48. The molecule has 0 radical (unpaired) electrons. The van der Waals surface area contributed by atoms with E-state index in [9.17, 15) is 5.02 Å². The first kappa shape index (κ1) is 21.3. The normalized spacial score (nSPS) is 29.5. The molecule has 8 heteroatoms. The molecule has 6 rings (SSSR count). The molecule has 2 N–H and O–H groups in total. The van der Waals surface area contributed by atoms with Crippen LogP contribution in [0.2, 0.25) is 6.82 Å². The number of nitrogens with zero attached hydrogens (tertiary/aromatic N) is 2. The molecule has 1 aliphatic carbocycles. The van der Waals surface area contributed by atoms with Crippen molar-refractivity contribution in [1.29, 1.82) is 0 Å². The number of aromatic amines is 1. The third kappa shape index (κ3) is 3.58. The monoisotopic (exact) mass is 421 g/mol. The van der Waals surface area contributed by atoms with Crippen LogP contribution < -0.4 is 5.46 Å². The number of hydrogen-bond acceptors (Lipinski definition) is 5. The van der Waals surface area contributed by atoms with Crippen molar-refractivity contribution in [3.63, 3.8) is 0 Å². The highest BCUT2D eigenvalue weighted by molar-refractivity contribution is 6.62. The van der Waals surface area contributed by atoms with Crippen LogP contribution in [0.4, 0.5) is 0 Å². The van der Waals surface area contributed by atoms with Crippen LogP contribution in [-0.2, 0) is 9.31 Å². The summed E-state index contributed by atoms with van der Waals surface area (Å²) < 4.78 is 12.3. The van der Waals surface area contributed by atoms with E-state index in [2.05, 4.69) is 61.8 Å². The Hall–Kier alpha value is -1.60. The van der Waals surface area contributed by atoms with E-state index >= 15 is 0 Å². The summed E-state index contributed by atoms with van der Waals surface area (Å²) >= 11 is 0. The van der Waals surface area contributed by atoms with Crippen molar-refractivity contribution in [3.8, 4) is 11.3 Å². The highest BCUT2D eigenvalue weighted by Gasteiger charge is 2.51. The summed E-state index contributed by atoms with van der Waals surface area (Å²) in [5, 5.41) is 10.4. The molecule has 2 bridgehead atoms. The fourth-order valence-corrected chi connectivity index (χ4v) is 5.52. The van der Waals surface area contributed by atoms with Gasteiger partial charge in [-0.15, -0.1) is 0 Å². The van der Waals surface area contributed by atoms with Gasteiger partial charge in [-0.1, -0.05) is 24.3 Å². The number of aromatic nitrogens is 2. The maximum Gasteiger partial charge on any atom is 0.494 e. The van der Waals surface area contributed by atoms with Gasteiger partial charge in [-0.2, -0.15) is 0 Å². The second-order valence-electron chi connectivity index (χ2n) is 10.5. The van der Waals surface area contributed by atoms with Crippen molar-refractivity contribution in [2.75, 3.05) is 0 Å². The minimum Gasteiger partial charge on any atom is -0.437 e. The summed E-state index contributed by atoms with van der Waals surface area (Å²) in [6.45, 7) is 10.2. The Labute approximate surface area is 186 Å². The molecule has 31 heavy (non-hydrogen) atoms. The molecular weight excluding hydrogens is 388 g/mol. The molecule has 0 amide bonds. The van der Waals surface area contributed by atoms with E-state index in [-0.39, 0.29) is 24.4 Å². The number of rotatable bonds is 4. The maximum atomic E-state index is 10.4. The van der Waals surface area contributed by atoms with Crippen molar-refractivity contribution >= 4 is 19.6 Å². The standard InChI is InChI=1S/C23H33B2N3O3/c1-22(2)23(3,4)31-25(30-22)17-10-6-15(7-11-17)19-14-26-21(27-19)20-16-8-12-18(13-9-16)28(20)24(5)29/h6-7,10-11,14,16,18,20,29H,8-9,12-13H2,1-5H3,(H,26,27)/t16?,18?,20-/m0/s1. The Kier molecular flexibility index (Phi) is 5.13. The van der Waals surface area contributed by atoms with Crippen molar-refractivity contribution in [3.05, 3.63) is 36.3 Å². The van der Waals surface area contributed by atoms with Crippen LogP contribution in [0.5, 0.6) is 0 Å². The molecule has 4 fully saturated rings. The van der Waals surface area contributed by atoms with Gasteiger partial charge in [0.1, 0.15) is 5.82 Å². The zero-order valence-electron chi connectivity index (χ0n) is 19.3. The van der Waals surface area contributed by atoms with Gasteiger partial charge in [0.2, 0.25) is 0 Å². The molecule has 1 atom stereocenters. The summed E-state index contributed by atoms with van der Waals surface area (Å²) in [6.07, 6.45) is 6.72. The van der Waals surface area contributed by atoms with Gasteiger partial charge in [-0.05, 0) is 77.1 Å². The topological polar surface area (TPSA) is 70.6 Å². The highest BCUT2D eigenvalue weighted by atomic mass is 16.7. The fourth-order valence-electron chi connectivity index (χ4n) is 5.52. The van der Waals surface area contributed by atoms with Gasteiger partial charge in [-0.25, -0.2) is 4.98 Å². The molecule has 3 aliphatic heterocycles. The van der Waals surface area contributed by atoms with Crippen LogP contribution in [0.15, 0.2) is 30.5 Å². The van der Waals surface area contributed by atoms with Crippen molar-refractivity contribution in [1.82, 2.24) is 14.8 Å². The first-order chi connectivity index (χ1) is 14.7. The minimum absolute atomic E-state index is 0.172. The van der Waals surface area contributed by atoms with E-state index in [1.807, 2.05) is 13.0 Å². The molecule has 4 heterocycles. The van der Waals surface area contributed by atoms with Gasteiger partial charge in [0.25, 0.3) is 0 Å². The third-order valence-corrected chi connectivity index (χ3v) is 7.98. The van der Waals surface area contributed by atoms with E-state index in [4.69, 9.17) is 14.3 Å². The Bertz CT molecular complexity index is 920. The van der Waals surface area contributed by atoms with E-state index in [0.29, 0.717) is 12.0 Å². The zero-order chi connectivity index (χ0) is 22.0. The van der Waals surface area contributed by atoms with E-state index in [0.717, 1.165) is 22.5 Å². The van der Waals surface area contributed by atoms with Crippen LogP contribution in [0.25, 0.3) is 11.3 Å². The number of hydrogen-bond donors (Lipinski definition) is 2. The lowest BCUT2D eigenvalue weighted by Gasteiger charge is -2.51. The van der Waals surface area contributed by atoms with Crippen molar-refractivity contribution in [2.45, 2.75) is 83.5 Å². The molecule has 3 saturated heterocycles. The van der Waals surface area contributed by atoms with Gasteiger partial charge in [-0.3, -0.25) is 0 Å². The van der Waals surface area contributed by atoms with Gasteiger partial charge >= 0.3 is 14.2 Å². The lowest BCUT2D eigenvalue weighted by Crippen LogP contribution is -2.56. The minimum atomic E-state index is -0.453. The van der Waals surface area contributed by atoms with E-state index in [1.165, 1.54) is 25.7 Å². The smallest absolute Gasteiger partial charge is 0.437 e. The molecule has 1 saturated carbocycles. The Morgan fingerprint density at radius 3 is 2.26 bits per heavy atom. The lowest BCUT2D eigenvalue weighted by molar-refractivity contribution is 0.00578. The van der Waals surface area contributed by atoms with Gasteiger partial charge in [0.05, 0.1) is 29.1 Å². The largest absolute Gasteiger partial charge is 0.494 e. The second-order valence-corrected chi connectivity index (χ2v) is 10.5. The molecule has 1 aromatic carbocycles. The summed E-state index contributed by atoms with van der Waals surface area (Å²) in [4.78, 5) is 10.6. The predicted octanol–water partition coefficient (Wildman–Crippen LogP) is 3.40. The van der Waals surface area contributed by atoms with Gasteiger partial charge in [0, 0.05) is 6.04 Å². The summed E-state index contributed by atoms with van der Waals surface area (Å²) in [7, 11) is -0.806. The Balaban J connectivity index is 1.36. The molecule has 0 spiro atoms. The summed E-state index contributed by atoms with van der Waals surface area (Å²) in [6, 6.07) is 8.97. The number of piperidine rings is 2. The fraction of sp³-hybridized carbons (Fsp3) is 0.609. The molecule has 4 aliphatic rings. The van der Waals surface area contributed by atoms with Crippen LogP contribution in [0, 0.1) is 5.92 Å². The molecule has 164 valence electrons. The quantitative estimate of drug-likeness (QED) is 0.741. The van der Waals surface area contributed by atoms with Crippen LogP contribution in [0.1, 0.15) is 65.2 Å². The van der Waals surface area contributed by atoms with Crippen LogP contribution in [0.3, 0.4) is 0 Å². The van der Waals surface area contributed by atoms with Gasteiger partial charge < -0.3 is 24.1 Å². The van der Waals surface area contributed by atoms with Crippen LogP contribution >= 0.6 is 0 Å².